The summed E-state index contributed by atoms with van der Waals surface area (Å²) in [6.45, 7) is 9.00. The third-order valence-corrected chi connectivity index (χ3v) is 2.31. The van der Waals surface area contributed by atoms with E-state index in [1.807, 2.05) is 6.92 Å². The number of hydrogen-bond donors (Lipinski definition) is 3. The lowest BCUT2D eigenvalue weighted by Crippen LogP contribution is -2.26. The Morgan fingerprint density at radius 3 is 2.75 bits per heavy atom. The second-order valence-corrected chi connectivity index (χ2v) is 4.22. The van der Waals surface area contributed by atoms with Gasteiger partial charge in [-0.05, 0) is 38.1 Å². The van der Waals surface area contributed by atoms with E-state index >= 15 is 0 Å². The lowest BCUT2D eigenvalue weighted by atomic mass is 10.2. The van der Waals surface area contributed by atoms with Crippen LogP contribution in [0, 0.1) is 17.6 Å². The predicted molar refractivity (Wildman–Crippen MR) is 68.2 cm³/mol. The molecule has 0 saturated heterocycles. The van der Waals surface area contributed by atoms with Crippen LogP contribution in [0.4, 0.5) is 5.95 Å². The summed E-state index contributed by atoms with van der Waals surface area (Å²) in [5.74, 6) is 2.01. The summed E-state index contributed by atoms with van der Waals surface area (Å²) in [6.07, 6.45) is 0. The zero-order chi connectivity index (χ0) is 12.0. The molecule has 1 aromatic rings. The van der Waals surface area contributed by atoms with Crippen LogP contribution in [0.5, 0.6) is 0 Å². The van der Waals surface area contributed by atoms with E-state index in [4.69, 9.17) is 12.2 Å². The number of nitrogens with one attached hydrogen (secondary N) is 3. The molecule has 1 heterocycles. The molecule has 0 aliphatic rings. The van der Waals surface area contributed by atoms with Crippen LogP contribution in [-0.4, -0.2) is 34.6 Å². The van der Waals surface area contributed by atoms with Crippen LogP contribution in [-0.2, 0) is 0 Å². The van der Waals surface area contributed by atoms with E-state index < -0.39 is 0 Å². The quantitative estimate of drug-likeness (QED) is 0.659. The molecule has 0 bridgehead atoms. The largest absolute Gasteiger partial charge is 0.355 e. The molecule has 1 unspecified atom stereocenters. The molecule has 3 N–H and O–H groups in total. The zero-order valence-electron chi connectivity index (χ0n) is 10.0. The van der Waals surface area contributed by atoms with E-state index in [9.17, 15) is 0 Å². The Kier molecular flexibility index (Phi) is 5.34. The normalized spacial score (nSPS) is 12.4. The molecule has 0 aliphatic heterocycles. The van der Waals surface area contributed by atoms with Crippen LogP contribution < -0.4 is 10.6 Å². The SMILES string of the molecule is CCNCC(C)CNc1nc(=S)nc(C)[nH]1. The highest BCUT2D eigenvalue weighted by Crippen LogP contribution is 2.00. The molecular formula is C10H19N5S. The maximum atomic E-state index is 4.94. The molecule has 16 heavy (non-hydrogen) atoms. The molecule has 0 amide bonds. The van der Waals surface area contributed by atoms with Gasteiger partial charge in [0.1, 0.15) is 5.82 Å². The number of rotatable bonds is 6. The molecule has 6 heteroatoms. The number of H-pyrrole nitrogens is 1. The number of aryl methyl sites for hydroxylation is 1. The van der Waals surface area contributed by atoms with Gasteiger partial charge in [-0.25, -0.2) is 4.98 Å². The first-order chi connectivity index (χ1) is 7.61. The van der Waals surface area contributed by atoms with Gasteiger partial charge in [0, 0.05) is 6.54 Å². The average molecular weight is 241 g/mol. The van der Waals surface area contributed by atoms with Gasteiger partial charge in [0.05, 0.1) is 0 Å². The highest BCUT2D eigenvalue weighted by atomic mass is 32.1. The van der Waals surface area contributed by atoms with Crippen LogP contribution >= 0.6 is 12.2 Å². The van der Waals surface area contributed by atoms with Crippen LogP contribution in [0.1, 0.15) is 19.7 Å². The minimum atomic E-state index is 0.373. The van der Waals surface area contributed by atoms with Crippen molar-refractivity contribution in [3.63, 3.8) is 0 Å². The average Bonchev–Trinajstić information content (AvgIpc) is 2.22. The van der Waals surface area contributed by atoms with Crippen molar-refractivity contribution in [2.75, 3.05) is 25.0 Å². The van der Waals surface area contributed by atoms with Crippen molar-refractivity contribution in [3.8, 4) is 0 Å². The first-order valence-electron chi connectivity index (χ1n) is 5.51. The summed E-state index contributed by atoms with van der Waals surface area (Å²) < 4.78 is 0.373. The Balaban J connectivity index is 2.45. The van der Waals surface area contributed by atoms with Gasteiger partial charge < -0.3 is 15.6 Å². The summed E-state index contributed by atoms with van der Waals surface area (Å²) in [5.41, 5.74) is 0. The molecule has 0 saturated carbocycles. The molecule has 5 nitrogen and oxygen atoms in total. The van der Waals surface area contributed by atoms with E-state index in [2.05, 4.69) is 39.4 Å². The van der Waals surface area contributed by atoms with Crippen molar-refractivity contribution >= 4 is 18.2 Å². The van der Waals surface area contributed by atoms with Gasteiger partial charge in [0.2, 0.25) is 10.7 Å². The Hall–Kier alpha value is -1.01. The molecule has 0 spiro atoms. The summed E-state index contributed by atoms with van der Waals surface area (Å²) in [4.78, 5) is 11.1. The standard InChI is InChI=1S/C10H19N5S/c1-4-11-5-7(2)6-12-9-13-8(3)14-10(16)15-9/h7,11H,4-6H2,1-3H3,(H2,12,13,14,15,16). The van der Waals surface area contributed by atoms with Crippen LogP contribution in [0.25, 0.3) is 0 Å². The van der Waals surface area contributed by atoms with Gasteiger partial charge >= 0.3 is 0 Å². The number of aromatic nitrogens is 3. The molecule has 0 aromatic carbocycles. The predicted octanol–water partition coefficient (Wildman–Crippen LogP) is 1.50. The molecular weight excluding hydrogens is 222 g/mol. The maximum Gasteiger partial charge on any atom is 0.224 e. The lowest BCUT2D eigenvalue weighted by molar-refractivity contribution is 0.544. The minimum Gasteiger partial charge on any atom is -0.355 e. The second kappa shape index (κ2) is 6.55. The number of hydrogen-bond acceptors (Lipinski definition) is 5. The van der Waals surface area contributed by atoms with Crippen molar-refractivity contribution in [2.24, 2.45) is 5.92 Å². The van der Waals surface area contributed by atoms with E-state index in [0.717, 1.165) is 25.5 Å². The van der Waals surface area contributed by atoms with Gasteiger partial charge in [0.15, 0.2) is 0 Å². The molecule has 90 valence electrons. The van der Waals surface area contributed by atoms with Crippen LogP contribution in [0.3, 0.4) is 0 Å². The highest BCUT2D eigenvalue weighted by Gasteiger charge is 2.02. The van der Waals surface area contributed by atoms with Crippen LogP contribution in [0.15, 0.2) is 0 Å². The van der Waals surface area contributed by atoms with E-state index in [1.165, 1.54) is 0 Å². The Bertz CT molecular complexity index is 376. The highest BCUT2D eigenvalue weighted by molar-refractivity contribution is 7.71. The fraction of sp³-hybridized carbons (Fsp3) is 0.700. The topological polar surface area (TPSA) is 65.6 Å². The molecule has 0 fully saturated rings. The molecule has 0 radical (unpaired) electrons. The van der Waals surface area contributed by atoms with Crippen molar-refractivity contribution in [3.05, 3.63) is 10.6 Å². The third-order valence-electron chi connectivity index (χ3n) is 2.13. The van der Waals surface area contributed by atoms with E-state index in [0.29, 0.717) is 16.6 Å². The first kappa shape index (κ1) is 13.1. The van der Waals surface area contributed by atoms with Crippen molar-refractivity contribution in [1.29, 1.82) is 0 Å². The second-order valence-electron chi connectivity index (χ2n) is 3.86. The van der Waals surface area contributed by atoms with Crippen molar-refractivity contribution in [2.45, 2.75) is 20.8 Å². The van der Waals surface area contributed by atoms with Crippen molar-refractivity contribution < 1.29 is 0 Å². The fourth-order valence-corrected chi connectivity index (χ4v) is 1.54. The Morgan fingerprint density at radius 2 is 2.12 bits per heavy atom. The number of anilines is 1. The first-order valence-corrected chi connectivity index (χ1v) is 5.92. The Morgan fingerprint density at radius 1 is 1.38 bits per heavy atom. The van der Waals surface area contributed by atoms with Gasteiger partial charge in [0.25, 0.3) is 0 Å². The molecule has 1 rings (SSSR count). The number of aromatic amines is 1. The summed E-state index contributed by atoms with van der Waals surface area (Å²) >= 11 is 4.94. The number of nitrogens with zero attached hydrogens (tertiary/aromatic N) is 2. The van der Waals surface area contributed by atoms with E-state index in [1.54, 1.807) is 0 Å². The summed E-state index contributed by atoms with van der Waals surface area (Å²) in [6, 6.07) is 0. The van der Waals surface area contributed by atoms with Gasteiger partial charge in [-0.3, -0.25) is 0 Å². The summed E-state index contributed by atoms with van der Waals surface area (Å²) in [5, 5.41) is 6.53. The molecule has 0 aliphatic carbocycles. The lowest BCUT2D eigenvalue weighted by Gasteiger charge is -2.13. The van der Waals surface area contributed by atoms with Gasteiger partial charge in [-0.2, -0.15) is 4.98 Å². The van der Waals surface area contributed by atoms with Gasteiger partial charge in [-0.1, -0.05) is 13.8 Å². The van der Waals surface area contributed by atoms with Crippen molar-refractivity contribution in [1.82, 2.24) is 20.3 Å². The smallest absolute Gasteiger partial charge is 0.224 e. The van der Waals surface area contributed by atoms with E-state index in [-0.39, 0.29) is 0 Å². The van der Waals surface area contributed by atoms with Gasteiger partial charge in [-0.15, -0.1) is 0 Å². The monoisotopic (exact) mass is 241 g/mol. The van der Waals surface area contributed by atoms with Crippen LogP contribution in [0.2, 0.25) is 0 Å². The summed E-state index contributed by atoms with van der Waals surface area (Å²) in [7, 11) is 0. The molecule has 1 atom stereocenters. The Labute approximate surface area is 101 Å². The minimum absolute atomic E-state index is 0.373. The molecule has 1 aromatic heterocycles. The third kappa shape index (κ3) is 4.67. The zero-order valence-corrected chi connectivity index (χ0v) is 10.8. The fourth-order valence-electron chi connectivity index (χ4n) is 1.31. The maximum absolute atomic E-state index is 4.94.